The first kappa shape index (κ1) is 13.5. The summed E-state index contributed by atoms with van der Waals surface area (Å²) in [6.07, 6.45) is 0.869. The van der Waals surface area contributed by atoms with Gasteiger partial charge in [-0.15, -0.1) is 0 Å². The van der Waals surface area contributed by atoms with E-state index in [4.69, 9.17) is 4.74 Å². The van der Waals surface area contributed by atoms with Gasteiger partial charge in [0.1, 0.15) is 11.9 Å². The lowest BCUT2D eigenvalue weighted by Crippen LogP contribution is -2.27. The third kappa shape index (κ3) is 3.08. The average molecular weight is 267 g/mol. The Hall–Kier alpha value is -1.95. The zero-order chi connectivity index (χ0) is 13.8. The van der Waals surface area contributed by atoms with Crippen LogP contribution >= 0.6 is 0 Å². The van der Waals surface area contributed by atoms with Gasteiger partial charge >= 0.3 is 5.97 Å². The number of carbonyl (C=O) groups is 2. The van der Waals surface area contributed by atoms with Gasteiger partial charge in [-0.25, -0.2) is 9.18 Å². The largest absolute Gasteiger partial charge is 0.465 e. The number of ether oxygens (including phenoxy) is 2. The van der Waals surface area contributed by atoms with Crippen molar-refractivity contribution in [3.05, 3.63) is 29.6 Å². The molecule has 0 bridgehead atoms. The molecule has 2 rings (SSSR count). The summed E-state index contributed by atoms with van der Waals surface area (Å²) >= 11 is 0. The van der Waals surface area contributed by atoms with Crippen LogP contribution in [0.1, 0.15) is 23.2 Å². The molecule has 1 unspecified atom stereocenters. The minimum absolute atomic E-state index is 0.0524. The van der Waals surface area contributed by atoms with E-state index in [-0.39, 0.29) is 11.3 Å². The van der Waals surface area contributed by atoms with Gasteiger partial charge in [-0.1, -0.05) is 0 Å². The molecule has 0 aliphatic carbocycles. The van der Waals surface area contributed by atoms with E-state index in [0.29, 0.717) is 13.0 Å². The number of esters is 1. The van der Waals surface area contributed by atoms with Crippen LogP contribution in [0, 0.1) is 5.82 Å². The monoisotopic (exact) mass is 267 g/mol. The molecule has 102 valence electrons. The Bertz CT molecular complexity index is 497. The van der Waals surface area contributed by atoms with Gasteiger partial charge in [0.15, 0.2) is 0 Å². The van der Waals surface area contributed by atoms with Crippen molar-refractivity contribution in [2.75, 3.05) is 19.0 Å². The van der Waals surface area contributed by atoms with E-state index in [1.54, 1.807) is 0 Å². The Morgan fingerprint density at radius 3 is 2.89 bits per heavy atom. The second-order valence-corrected chi connectivity index (χ2v) is 4.18. The number of rotatable bonds is 3. The molecular weight excluding hydrogens is 253 g/mol. The number of halogens is 1. The number of anilines is 1. The maximum atomic E-state index is 13.6. The van der Waals surface area contributed by atoms with Gasteiger partial charge in [-0.2, -0.15) is 0 Å². The first-order chi connectivity index (χ1) is 9.11. The van der Waals surface area contributed by atoms with Gasteiger partial charge in [0.25, 0.3) is 5.91 Å². The smallest absolute Gasteiger partial charge is 0.337 e. The summed E-state index contributed by atoms with van der Waals surface area (Å²) in [5.41, 5.74) is 0.120. The van der Waals surface area contributed by atoms with Crippen LogP contribution in [0.3, 0.4) is 0 Å². The van der Waals surface area contributed by atoms with Gasteiger partial charge in [-0.05, 0) is 31.0 Å². The van der Waals surface area contributed by atoms with Crippen molar-refractivity contribution in [1.82, 2.24) is 0 Å². The van der Waals surface area contributed by atoms with Crippen LogP contribution in [0.15, 0.2) is 18.2 Å². The maximum absolute atomic E-state index is 13.6. The van der Waals surface area contributed by atoms with Crippen molar-refractivity contribution in [3.63, 3.8) is 0 Å². The summed E-state index contributed by atoms with van der Waals surface area (Å²) in [6.45, 7) is 0.531. The van der Waals surface area contributed by atoms with E-state index < -0.39 is 23.8 Å². The Labute approximate surface area is 109 Å². The lowest BCUT2D eigenvalue weighted by Gasteiger charge is -2.11. The predicted molar refractivity (Wildman–Crippen MR) is 65.3 cm³/mol. The topological polar surface area (TPSA) is 64.6 Å². The summed E-state index contributed by atoms with van der Waals surface area (Å²) in [5.74, 6) is -1.61. The lowest BCUT2D eigenvalue weighted by molar-refractivity contribution is -0.124. The molecule has 0 radical (unpaired) electrons. The third-order valence-corrected chi connectivity index (χ3v) is 2.87. The highest BCUT2D eigenvalue weighted by Crippen LogP contribution is 2.19. The van der Waals surface area contributed by atoms with E-state index >= 15 is 0 Å². The highest BCUT2D eigenvalue weighted by molar-refractivity contribution is 5.96. The molecule has 1 aromatic carbocycles. The van der Waals surface area contributed by atoms with E-state index in [1.807, 2.05) is 0 Å². The highest BCUT2D eigenvalue weighted by Gasteiger charge is 2.24. The standard InChI is InChI=1S/C13H14FNO4/c1-18-13(17)8-4-5-9(14)10(7-8)15-12(16)11-3-2-6-19-11/h4-5,7,11H,2-3,6H2,1H3,(H,15,16). The summed E-state index contributed by atoms with van der Waals surface area (Å²) in [7, 11) is 1.23. The molecule has 0 spiro atoms. The summed E-state index contributed by atoms with van der Waals surface area (Å²) in [6, 6.07) is 3.65. The zero-order valence-electron chi connectivity index (χ0n) is 10.4. The Balaban J connectivity index is 2.14. The molecule has 1 saturated heterocycles. The minimum atomic E-state index is -0.612. The van der Waals surface area contributed by atoms with Gasteiger partial charge in [-0.3, -0.25) is 4.79 Å². The van der Waals surface area contributed by atoms with Crippen LogP contribution in [-0.4, -0.2) is 31.7 Å². The highest BCUT2D eigenvalue weighted by atomic mass is 19.1. The molecule has 1 aliphatic rings. The molecule has 1 atom stereocenters. The molecule has 1 aromatic rings. The third-order valence-electron chi connectivity index (χ3n) is 2.87. The van der Waals surface area contributed by atoms with Gasteiger partial charge in [0.2, 0.25) is 0 Å². The molecule has 5 nitrogen and oxygen atoms in total. The van der Waals surface area contributed by atoms with Crippen LogP contribution in [0.25, 0.3) is 0 Å². The first-order valence-corrected chi connectivity index (χ1v) is 5.92. The number of benzene rings is 1. The number of nitrogens with one attached hydrogen (secondary N) is 1. The maximum Gasteiger partial charge on any atom is 0.337 e. The van der Waals surface area contributed by atoms with Crippen LogP contribution in [0.2, 0.25) is 0 Å². The lowest BCUT2D eigenvalue weighted by atomic mass is 10.1. The molecule has 0 saturated carbocycles. The second kappa shape index (κ2) is 5.79. The predicted octanol–water partition coefficient (Wildman–Crippen LogP) is 1.73. The van der Waals surface area contributed by atoms with Crippen LogP contribution in [0.5, 0.6) is 0 Å². The zero-order valence-corrected chi connectivity index (χ0v) is 10.4. The van der Waals surface area contributed by atoms with Crippen molar-refractivity contribution >= 4 is 17.6 Å². The number of hydrogen-bond donors (Lipinski definition) is 1. The van der Waals surface area contributed by atoms with Crippen molar-refractivity contribution in [3.8, 4) is 0 Å². The van der Waals surface area contributed by atoms with Crippen LogP contribution < -0.4 is 5.32 Å². The summed E-state index contributed by atoms with van der Waals surface area (Å²) in [4.78, 5) is 23.1. The summed E-state index contributed by atoms with van der Waals surface area (Å²) < 4.78 is 23.3. The Morgan fingerprint density at radius 2 is 2.26 bits per heavy atom. The summed E-state index contributed by atoms with van der Waals surface area (Å²) in [5, 5.41) is 2.42. The molecule has 0 aromatic heterocycles. The fourth-order valence-corrected chi connectivity index (χ4v) is 1.86. The minimum Gasteiger partial charge on any atom is -0.465 e. The molecule has 1 N–H and O–H groups in total. The fourth-order valence-electron chi connectivity index (χ4n) is 1.86. The Kier molecular flexibility index (Phi) is 4.11. The van der Waals surface area contributed by atoms with Gasteiger partial charge in [0.05, 0.1) is 18.4 Å². The Morgan fingerprint density at radius 1 is 1.47 bits per heavy atom. The number of methoxy groups -OCH3 is 1. The molecule has 1 fully saturated rings. The van der Waals surface area contributed by atoms with Crippen molar-refractivity contribution < 1.29 is 23.5 Å². The number of amides is 1. The average Bonchev–Trinajstić information content (AvgIpc) is 2.94. The number of carbonyl (C=O) groups excluding carboxylic acids is 2. The molecule has 1 amide bonds. The van der Waals surface area contributed by atoms with E-state index in [9.17, 15) is 14.0 Å². The van der Waals surface area contributed by atoms with E-state index in [1.165, 1.54) is 19.2 Å². The fraction of sp³-hybridized carbons (Fsp3) is 0.385. The van der Waals surface area contributed by atoms with Gasteiger partial charge in [0, 0.05) is 6.61 Å². The normalized spacial score (nSPS) is 18.1. The molecular formula is C13H14FNO4. The quantitative estimate of drug-likeness (QED) is 0.847. The molecule has 1 aliphatic heterocycles. The molecule has 19 heavy (non-hydrogen) atoms. The van der Waals surface area contributed by atoms with Crippen LogP contribution in [0.4, 0.5) is 10.1 Å². The molecule has 6 heteroatoms. The van der Waals surface area contributed by atoms with Gasteiger partial charge < -0.3 is 14.8 Å². The van der Waals surface area contributed by atoms with E-state index in [0.717, 1.165) is 12.5 Å². The van der Waals surface area contributed by atoms with Crippen molar-refractivity contribution in [2.45, 2.75) is 18.9 Å². The second-order valence-electron chi connectivity index (χ2n) is 4.18. The number of hydrogen-bond acceptors (Lipinski definition) is 4. The SMILES string of the molecule is COC(=O)c1ccc(F)c(NC(=O)C2CCCO2)c1. The molecule has 1 heterocycles. The van der Waals surface area contributed by atoms with Crippen molar-refractivity contribution in [1.29, 1.82) is 0 Å². The van der Waals surface area contributed by atoms with Crippen molar-refractivity contribution in [2.24, 2.45) is 0 Å². The van der Waals surface area contributed by atoms with Crippen LogP contribution in [-0.2, 0) is 14.3 Å². The van der Waals surface area contributed by atoms with E-state index in [2.05, 4.69) is 10.1 Å². The first-order valence-electron chi connectivity index (χ1n) is 5.92.